The lowest BCUT2D eigenvalue weighted by molar-refractivity contribution is 0.639. The Morgan fingerprint density at radius 2 is 1.27 bits per heavy atom. The Labute approximate surface area is 102 Å². The van der Waals surface area contributed by atoms with Crippen molar-refractivity contribution >= 4 is 11.8 Å². The van der Waals surface area contributed by atoms with Crippen LogP contribution in [0, 0.1) is 6.92 Å². The van der Waals surface area contributed by atoms with Crippen molar-refractivity contribution in [1.29, 1.82) is 0 Å². The first-order valence-corrected chi connectivity index (χ1v) is 7.94. The van der Waals surface area contributed by atoms with Gasteiger partial charge >= 0.3 is 0 Å². The highest BCUT2D eigenvalue weighted by atomic mass is 32.2. The summed E-state index contributed by atoms with van der Waals surface area (Å²) >= 11 is 2.16. The minimum atomic E-state index is 1.12. The molecule has 0 aromatic rings. The fraction of sp³-hybridized carbons (Fsp3) is 0.929. The summed E-state index contributed by atoms with van der Waals surface area (Å²) in [5.41, 5.74) is 0. The molecule has 15 heavy (non-hydrogen) atoms. The van der Waals surface area contributed by atoms with Crippen LogP contribution in [-0.2, 0) is 0 Å². The topological polar surface area (TPSA) is 0 Å². The molecule has 0 spiro atoms. The lowest BCUT2D eigenvalue weighted by Gasteiger charge is -2.02. The van der Waals surface area contributed by atoms with Gasteiger partial charge in [-0.25, -0.2) is 0 Å². The summed E-state index contributed by atoms with van der Waals surface area (Å²) < 4.78 is 0. The van der Waals surface area contributed by atoms with Crippen LogP contribution < -0.4 is 0 Å². The molecule has 0 saturated heterocycles. The second-order valence-corrected chi connectivity index (χ2v) is 5.52. The van der Waals surface area contributed by atoms with Crippen LogP contribution in [0.25, 0.3) is 0 Å². The summed E-state index contributed by atoms with van der Waals surface area (Å²) in [5.74, 6) is 2.77. The Kier molecular flexibility index (Phi) is 14.7. The largest absolute Gasteiger partial charge is 0.162 e. The number of rotatable bonds is 12. The van der Waals surface area contributed by atoms with Crippen LogP contribution in [-0.4, -0.2) is 11.5 Å². The molecule has 0 fully saturated rings. The minimum absolute atomic E-state index is 1.12. The maximum absolute atomic E-state index is 3.86. The fourth-order valence-corrected chi connectivity index (χ4v) is 2.66. The first-order chi connectivity index (χ1) is 7.41. The van der Waals surface area contributed by atoms with Gasteiger partial charge in [-0.2, -0.15) is 11.8 Å². The lowest BCUT2D eigenvalue weighted by atomic mass is 10.1. The normalized spacial score (nSPS) is 10.8. The number of thioether (sulfide) groups is 1. The Morgan fingerprint density at radius 1 is 0.733 bits per heavy atom. The molecule has 0 atom stereocenters. The SMILES string of the molecule is [CH2]CCCCCCCSCCCCCC. The number of unbranched alkanes of at least 4 members (excludes halogenated alkanes) is 8. The predicted octanol–water partition coefficient (Wildman–Crippen LogP) is 5.47. The molecular weight excluding hydrogens is 200 g/mol. The second-order valence-electron chi connectivity index (χ2n) is 4.29. The molecular formula is C14H29S. The smallest absolute Gasteiger partial charge is 0.00675 e. The summed E-state index contributed by atoms with van der Waals surface area (Å²) in [6.45, 7) is 6.14. The van der Waals surface area contributed by atoms with Crippen molar-refractivity contribution < 1.29 is 0 Å². The zero-order valence-electron chi connectivity index (χ0n) is 10.6. The van der Waals surface area contributed by atoms with Gasteiger partial charge in [-0.3, -0.25) is 0 Å². The highest BCUT2D eigenvalue weighted by molar-refractivity contribution is 7.99. The Morgan fingerprint density at radius 3 is 1.87 bits per heavy atom. The van der Waals surface area contributed by atoms with E-state index in [9.17, 15) is 0 Å². The van der Waals surface area contributed by atoms with E-state index in [0.717, 1.165) is 6.42 Å². The van der Waals surface area contributed by atoms with Gasteiger partial charge in [0.05, 0.1) is 0 Å². The van der Waals surface area contributed by atoms with Gasteiger partial charge in [0.1, 0.15) is 0 Å². The van der Waals surface area contributed by atoms with Crippen molar-refractivity contribution in [3.8, 4) is 0 Å². The molecule has 0 heterocycles. The van der Waals surface area contributed by atoms with Crippen LogP contribution in [0.3, 0.4) is 0 Å². The summed E-state index contributed by atoms with van der Waals surface area (Å²) in [7, 11) is 0. The zero-order valence-corrected chi connectivity index (χ0v) is 11.4. The molecule has 1 radical (unpaired) electrons. The first-order valence-electron chi connectivity index (χ1n) is 6.78. The molecule has 0 saturated carbocycles. The average molecular weight is 229 g/mol. The second kappa shape index (κ2) is 14.3. The van der Waals surface area contributed by atoms with Crippen LogP contribution >= 0.6 is 11.8 Å². The molecule has 1 heteroatoms. The van der Waals surface area contributed by atoms with Crippen LogP contribution in [0.5, 0.6) is 0 Å². The molecule has 0 nitrogen and oxygen atoms in total. The average Bonchev–Trinajstić information content (AvgIpc) is 2.26. The van der Waals surface area contributed by atoms with Crippen molar-refractivity contribution in [2.45, 2.75) is 71.1 Å². The molecule has 0 N–H and O–H groups in total. The van der Waals surface area contributed by atoms with E-state index in [2.05, 4.69) is 25.6 Å². The lowest BCUT2D eigenvalue weighted by Crippen LogP contribution is -1.86. The number of hydrogen-bond donors (Lipinski definition) is 0. The fourth-order valence-electron chi connectivity index (χ4n) is 1.64. The minimum Gasteiger partial charge on any atom is -0.162 e. The molecule has 0 rings (SSSR count). The highest BCUT2D eigenvalue weighted by Gasteiger charge is 1.92. The quantitative estimate of drug-likeness (QED) is 0.400. The monoisotopic (exact) mass is 229 g/mol. The van der Waals surface area contributed by atoms with Gasteiger partial charge in [-0.1, -0.05) is 65.2 Å². The van der Waals surface area contributed by atoms with E-state index in [1.807, 2.05) is 0 Å². The summed E-state index contributed by atoms with van der Waals surface area (Å²) in [4.78, 5) is 0. The standard InChI is InChI=1S/C14H29S/c1-3-5-7-9-10-12-14-15-13-11-8-6-4-2/h1,3-14H2,2H3. The van der Waals surface area contributed by atoms with E-state index in [0.29, 0.717) is 0 Å². The Bertz CT molecular complexity index is 89.5. The van der Waals surface area contributed by atoms with Crippen molar-refractivity contribution in [2.24, 2.45) is 0 Å². The van der Waals surface area contributed by atoms with E-state index >= 15 is 0 Å². The molecule has 0 aliphatic rings. The molecule has 0 aliphatic heterocycles. The van der Waals surface area contributed by atoms with Crippen LogP contribution in [0.4, 0.5) is 0 Å². The van der Waals surface area contributed by atoms with E-state index in [1.165, 1.54) is 69.3 Å². The molecule has 0 bridgehead atoms. The Balaban J connectivity index is 2.81. The van der Waals surface area contributed by atoms with Gasteiger partial charge in [0.15, 0.2) is 0 Å². The zero-order chi connectivity index (χ0) is 11.2. The van der Waals surface area contributed by atoms with Crippen molar-refractivity contribution in [1.82, 2.24) is 0 Å². The van der Waals surface area contributed by atoms with Crippen molar-refractivity contribution in [2.75, 3.05) is 11.5 Å². The van der Waals surface area contributed by atoms with Gasteiger partial charge in [-0.05, 0) is 24.3 Å². The van der Waals surface area contributed by atoms with Crippen LogP contribution in [0.2, 0.25) is 0 Å². The third-order valence-electron chi connectivity index (χ3n) is 2.68. The van der Waals surface area contributed by atoms with E-state index in [-0.39, 0.29) is 0 Å². The molecule has 0 amide bonds. The molecule has 0 aromatic carbocycles. The molecule has 0 aromatic heterocycles. The maximum atomic E-state index is 3.86. The van der Waals surface area contributed by atoms with Gasteiger partial charge in [0.25, 0.3) is 0 Å². The van der Waals surface area contributed by atoms with Gasteiger partial charge in [0.2, 0.25) is 0 Å². The molecule has 91 valence electrons. The van der Waals surface area contributed by atoms with E-state index in [1.54, 1.807) is 0 Å². The number of hydrogen-bond acceptors (Lipinski definition) is 1. The highest BCUT2D eigenvalue weighted by Crippen LogP contribution is 2.12. The van der Waals surface area contributed by atoms with Crippen molar-refractivity contribution in [3.05, 3.63) is 6.92 Å². The Hall–Kier alpha value is 0.350. The molecule has 0 aliphatic carbocycles. The predicted molar refractivity (Wildman–Crippen MR) is 74.5 cm³/mol. The third kappa shape index (κ3) is 14.4. The summed E-state index contributed by atoms with van der Waals surface area (Å²) in [6, 6.07) is 0. The third-order valence-corrected chi connectivity index (χ3v) is 3.84. The summed E-state index contributed by atoms with van der Waals surface area (Å²) in [5, 5.41) is 0. The van der Waals surface area contributed by atoms with E-state index in [4.69, 9.17) is 0 Å². The van der Waals surface area contributed by atoms with Crippen LogP contribution in [0.1, 0.15) is 71.1 Å². The van der Waals surface area contributed by atoms with Gasteiger partial charge < -0.3 is 0 Å². The van der Waals surface area contributed by atoms with Crippen LogP contribution in [0.15, 0.2) is 0 Å². The molecule has 0 unspecified atom stereocenters. The van der Waals surface area contributed by atoms with Crippen molar-refractivity contribution in [3.63, 3.8) is 0 Å². The maximum Gasteiger partial charge on any atom is -0.00675 e. The van der Waals surface area contributed by atoms with Gasteiger partial charge in [-0.15, -0.1) is 0 Å². The van der Waals surface area contributed by atoms with E-state index < -0.39 is 0 Å². The van der Waals surface area contributed by atoms with Gasteiger partial charge in [0, 0.05) is 0 Å². The first kappa shape index (κ1) is 15.3. The summed E-state index contributed by atoms with van der Waals surface area (Å²) in [6.07, 6.45) is 13.8.